The molecule has 1 aromatic carbocycles. The van der Waals surface area contributed by atoms with Gasteiger partial charge in [-0.25, -0.2) is 0 Å². The van der Waals surface area contributed by atoms with Crippen LogP contribution in [0.5, 0.6) is 5.75 Å². The minimum absolute atomic E-state index is 0.0349. The molecule has 0 aliphatic heterocycles. The van der Waals surface area contributed by atoms with Crippen LogP contribution >= 0.6 is 0 Å². The summed E-state index contributed by atoms with van der Waals surface area (Å²) >= 11 is 0. The van der Waals surface area contributed by atoms with Crippen LogP contribution in [0.3, 0.4) is 0 Å². The van der Waals surface area contributed by atoms with Gasteiger partial charge in [-0.2, -0.15) is 0 Å². The van der Waals surface area contributed by atoms with Gasteiger partial charge in [0.2, 0.25) is 8.32 Å². The van der Waals surface area contributed by atoms with Gasteiger partial charge in [0.25, 0.3) is 0 Å². The van der Waals surface area contributed by atoms with E-state index in [1.807, 2.05) is 30.3 Å². The summed E-state index contributed by atoms with van der Waals surface area (Å²) in [5.74, 6) is 1.70. The summed E-state index contributed by atoms with van der Waals surface area (Å²) < 4.78 is 11.4. The summed E-state index contributed by atoms with van der Waals surface area (Å²) in [7, 11) is -1.62. The summed E-state index contributed by atoms with van der Waals surface area (Å²) in [5.41, 5.74) is 1.11. The van der Waals surface area contributed by atoms with E-state index in [1.165, 1.54) is 0 Å². The molecular weight excluding hydrogens is 266 g/mol. The van der Waals surface area contributed by atoms with E-state index in [0.717, 1.165) is 17.1 Å². The molecule has 106 valence electrons. The highest BCUT2D eigenvalue weighted by atomic mass is 28.4. The third-order valence-electron chi connectivity index (χ3n) is 2.75. The number of hydrogen-bond donors (Lipinski definition) is 0. The van der Waals surface area contributed by atoms with Crippen molar-refractivity contribution < 1.29 is 8.84 Å². The van der Waals surface area contributed by atoms with Crippen molar-refractivity contribution in [3.8, 4) is 5.75 Å². The van der Waals surface area contributed by atoms with Crippen molar-refractivity contribution in [3.05, 3.63) is 54.0 Å². The van der Waals surface area contributed by atoms with Crippen molar-refractivity contribution in [1.29, 1.82) is 0 Å². The number of furan rings is 1. The van der Waals surface area contributed by atoms with Crippen molar-refractivity contribution in [2.24, 2.45) is 4.99 Å². The average molecular weight is 287 g/mol. The Hall–Kier alpha value is -1.81. The van der Waals surface area contributed by atoms with Gasteiger partial charge >= 0.3 is 0 Å². The van der Waals surface area contributed by atoms with Gasteiger partial charge in [-0.3, -0.25) is 4.99 Å². The Morgan fingerprint density at radius 1 is 1.15 bits per heavy atom. The molecule has 4 heteroatoms. The maximum Gasteiger partial charge on any atom is 0.242 e. The van der Waals surface area contributed by atoms with Gasteiger partial charge in [-0.1, -0.05) is 18.2 Å². The first-order valence-corrected chi connectivity index (χ1v) is 10.2. The summed E-state index contributed by atoms with van der Waals surface area (Å²) in [4.78, 5) is 4.54. The molecule has 0 amide bonds. The lowest BCUT2D eigenvalue weighted by atomic mass is 10.1. The summed E-state index contributed by atoms with van der Waals surface area (Å²) in [5, 5.41) is 0. The van der Waals surface area contributed by atoms with E-state index < -0.39 is 8.32 Å². The molecule has 0 aliphatic carbocycles. The lowest BCUT2D eigenvalue weighted by Crippen LogP contribution is -2.29. The zero-order valence-corrected chi connectivity index (χ0v) is 13.5. The lowest BCUT2D eigenvalue weighted by Gasteiger charge is -2.22. The van der Waals surface area contributed by atoms with Crippen molar-refractivity contribution >= 4 is 14.5 Å². The molecule has 3 nitrogen and oxygen atoms in total. The van der Waals surface area contributed by atoms with E-state index in [-0.39, 0.29) is 6.04 Å². The number of hydrogen-bond acceptors (Lipinski definition) is 3. The van der Waals surface area contributed by atoms with Crippen LogP contribution in [0, 0.1) is 0 Å². The molecule has 0 fully saturated rings. The fraction of sp³-hybridized carbons (Fsp3) is 0.312. The number of benzene rings is 1. The molecule has 0 saturated heterocycles. The fourth-order valence-electron chi connectivity index (χ4n) is 1.88. The Bertz CT molecular complexity index is 570. The topological polar surface area (TPSA) is 34.7 Å². The predicted octanol–water partition coefficient (Wildman–Crippen LogP) is 4.67. The van der Waals surface area contributed by atoms with Crippen LogP contribution in [0.2, 0.25) is 19.6 Å². The van der Waals surface area contributed by atoms with E-state index in [2.05, 4.69) is 37.6 Å². The smallest absolute Gasteiger partial charge is 0.242 e. The van der Waals surface area contributed by atoms with E-state index in [1.54, 1.807) is 12.5 Å². The number of rotatable bonds is 5. The summed E-state index contributed by atoms with van der Waals surface area (Å²) in [6.45, 7) is 8.60. The molecule has 1 aromatic heterocycles. The maximum absolute atomic E-state index is 6.13. The SMILES string of the molecule is CC(N=Cc1ccco1)c1ccccc1O[Si](C)(C)C. The highest BCUT2D eigenvalue weighted by Crippen LogP contribution is 2.29. The molecule has 0 radical (unpaired) electrons. The van der Waals surface area contributed by atoms with Crippen LogP contribution in [0.1, 0.15) is 24.3 Å². The molecule has 2 rings (SSSR count). The van der Waals surface area contributed by atoms with E-state index >= 15 is 0 Å². The molecule has 1 atom stereocenters. The Morgan fingerprint density at radius 3 is 2.55 bits per heavy atom. The van der Waals surface area contributed by atoms with Crippen molar-refractivity contribution in [1.82, 2.24) is 0 Å². The number of aliphatic imine (C=N–C) groups is 1. The minimum atomic E-state index is -1.62. The molecule has 0 bridgehead atoms. The molecule has 20 heavy (non-hydrogen) atoms. The van der Waals surface area contributed by atoms with Crippen LogP contribution in [-0.4, -0.2) is 14.5 Å². The van der Waals surface area contributed by atoms with Gasteiger partial charge in [0.05, 0.1) is 18.5 Å². The maximum atomic E-state index is 6.13. The normalized spacial score (nSPS) is 13.6. The second kappa shape index (κ2) is 6.09. The second-order valence-corrected chi connectivity index (χ2v) is 10.2. The molecular formula is C16H21NO2Si. The average Bonchev–Trinajstić information content (AvgIpc) is 2.88. The minimum Gasteiger partial charge on any atom is -0.544 e. The molecule has 2 aromatic rings. The molecule has 0 spiro atoms. The third kappa shape index (κ3) is 4.10. The number of para-hydroxylation sites is 1. The molecule has 0 saturated carbocycles. The van der Waals surface area contributed by atoms with Crippen molar-refractivity contribution in [3.63, 3.8) is 0 Å². The van der Waals surface area contributed by atoms with Crippen LogP contribution in [0.25, 0.3) is 0 Å². The zero-order valence-electron chi connectivity index (χ0n) is 12.5. The highest BCUT2D eigenvalue weighted by molar-refractivity contribution is 6.70. The van der Waals surface area contributed by atoms with E-state index in [4.69, 9.17) is 8.84 Å². The van der Waals surface area contributed by atoms with Gasteiger partial charge in [-0.05, 0) is 44.8 Å². The second-order valence-electron chi connectivity index (χ2n) is 5.72. The monoisotopic (exact) mass is 287 g/mol. The molecule has 0 N–H and O–H groups in total. The Morgan fingerprint density at radius 2 is 1.90 bits per heavy atom. The summed E-state index contributed by atoms with van der Waals surface area (Å²) in [6, 6.07) is 11.9. The largest absolute Gasteiger partial charge is 0.544 e. The first-order valence-electron chi connectivity index (χ1n) is 6.80. The van der Waals surface area contributed by atoms with Crippen LogP contribution in [-0.2, 0) is 0 Å². The van der Waals surface area contributed by atoms with Crippen LogP contribution in [0.15, 0.2) is 52.1 Å². The number of nitrogens with zero attached hydrogens (tertiary/aromatic N) is 1. The van der Waals surface area contributed by atoms with E-state index in [0.29, 0.717) is 0 Å². The van der Waals surface area contributed by atoms with Crippen LogP contribution in [0.4, 0.5) is 0 Å². The standard InChI is InChI=1S/C16H21NO2Si/c1-13(17-12-14-8-7-11-18-14)15-9-5-6-10-16(15)19-20(2,3)4/h5-13H,1-4H3. The first kappa shape index (κ1) is 14.6. The van der Waals surface area contributed by atoms with Crippen molar-refractivity contribution in [2.75, 3.05) is 0 Å². The van der Waals surface area contributed by atoms with E-state index in [9.17, 15) is 0 Å². The third-order valence-corrected chi connectivity index (χ3v) is 3.59. The quantitative estimate of drug-likeness (QED) is 0.591. The van der Waals surface area contributed by atoms with Gasteiger partial charge in [0, 0.05) is 5.56 Å². The fourth-order valence-corrected chi connectivity index (χ4v) is 2.72. The van der Waals surface area contributed by atoms with Gasteiger partial charge in [-0.15, -0.1) is 0 Å². The Balaban J connectivity index is 2.19. The first-order chi connectivity index (χ1) is 9.46. The lowest BCUT2D eigenvalue weighted by molar-refractivity contribution is 0.541. The molecule has 1 heterocycles. The van der Waals surface area contributed by atoms with Gasteiger partial charge in [0.1, 0.15) is 11.5 Å². The molecule has 1 unspecified atom stereocenters. The zero-order chi connectivity index (χ0) is 14.6. The molecule has 0 aliphatic rings. The van der Waals surface area contributed by atoms with Gasteiger partial charge < -0.3 is 8.84 Å². The summed E-state index contributed by atoms with van der Waals surface area (Å²) in [6.07, 6.45) is 3.41. The Kier molecular flexibility index (Phi) is 4.45. The van der Waals surface area contributed by atoms with Crippen molar-refractivity contribution in [2.45, 2.75) is 32.6 Å². The Labute approximate surface area is 121 Å². The van der Waals surface area contributed by atoms with Gasteiger partial charge in [0.15, 0.2) is 0 Å². The predicted molar refractivity (Wildman–Crippen MR) is 85.1 cm³/mol. The van der Waals surface area contributed by atoms with Crippen LogP contribution < -0.4 is 4.43 Å². The highest BCUT2D eigenvalue weighted by Gasteiger charge is 2.19.